The van der Waals surface area contributed by atoms with Crippen LogP contribution in [0.5, 0.6) is 0 Å². The summed E-state index contributed by atoms with van der Waals surface area (Å²) in [5.41, 5.74) is 7.99. The van der Waals surface area contributed by atoms with Crippen LogP contribution >= 0.6 is 0 Å². The molecule has 2 nitrogen and oxygen atoms in total. The van der Waals surface area contributed by atoms with E-state index >= 15 is 0 Å². The average molecular weight is 777 g/mol. The topological polar surface area (TPSA) is 24.4 Å². The Morgan fingerprint density at radius 3 is 1.30 bits per heavy atom. The second-order valence-electron chi connectivity index (χ2n) is 18.1. The van der Waals surface area contributed by atoms with Crippen LogP contribution < -0.4 is 5.32 Å². The molecule has 1 N–H and O–H groups in total. The summed E-state index contributed by atoms with van der Waals surface area (Å²) in [7, 11) is 0. The van der Waals surface area contributed by atoms with E-state index in [2.05, 4.69) is 85.9 Å². The summed E-state index contributed by atoms with van der Waals surface area (Å²) in [6.07, 6.45) is 54.9. The van der Waals surface area contributed by atoms with Crippen molar-refractivity contribution < 1.29 is 0 Å². The number of nitrogens with one attached hydrogen (secondary N) is 1. The van der Waals surface area contributed by atoms with Crippen molar-refractivity contribution in [3.63, 3.8) is 0 Å². The summed E-state index contributed by atoms with van der Waals surface area (Å²) in [6.45, 7) is 4.61. The summed E-state index contributed by atoms with van der Waals surface area (Å²) in [5, 5.41) is 3.80. The molecule has 2 heterocycles. The number of aliphatic imine (C=N–C) groups is 1. The lowest BCUT2D eigenvalue weighted by Crippen LogP contribution is -2.06. The van der Waals surface area contributed by atoms with Crippen molar-refractivity contribution in [2.45, 2.75) is 244 Å². The van der Waals surface area contributed by atoms with Gasteiger partial charge in [0.25, 0.3) is 0 Å². The Balaban J connectivity index is 1.10. The third-order valence-electron chi connectivity index (χ3n) is 13.1. The molecule has 2 aromatic rings. The van der Waals surface area contributed by atoms with E-state index in [9.17, 15) is 0 Å². The highest BCUT2D eigenvalue weighted by molar-refractivity contribution is 6.05. The van der Waals surface area contributed by atoms with Gasteiger partial charge in [0.15, 0.2) is 0 Å². The SMILES string of the molecule is CCCCCCCCCCCCCCCCCCC1C(/C=C/C=C2\Nc3ccccc3C2CCCCCCCCCCCCCCCCCC)=Nc2ccccc21. The molecule has 0 amide bonds. The second-order valence-corrected chi connectivity index (χ2v) is 18.1. The lowest BCUT2D eigenvalue weighted by molar-refractivity contribution is 0.524. The zero-order valence-corrected chi connectivity index (χ0v) is 37.5. The Morgan fingerprint density at radius 2 is 0.825 bits per heavy atom. The minimum atomic E-state index is 0.428. The molecule has 2 aliphatic rings. The van der Waals surface area contributed by atoms with Crippen LogP contribution in [-0.4, -0.2) is 5.71 Å². The Kier molecular flexibility index (Phi) is 25.9. The lowest BCUT2D eigenvalue weighted by Gasteiger charge is -2.13. The molecular formula is C55H88N2. The highest BCUT2D eigenvalue weighted by atomic mass is 14.9. The van der Waals surface area contributed by atoms with Crippen LogP contribution in [0.25, 0.3) is 0 Å². The molecule has 2 aliphatic heterocycles. The predicted octanol–water partition coefficient (Wildman–Crippen LogP) is 18.8. The van der Waals surface area contributed by atoms with Crippen LogP contribution in [0.15, 0.2) is 77.4 Å². The number of rotatable bonds is 36. The maximum Gasteiger partial charge on any atom is 0.0671 e. The van der Waals surface area contributed by atoms with E-state index in [-0.39, 0.29) is 0 Å². The van der Waals surface area contributed by atoms with Gasteiger partial charge in [0.1, 0.15) is 0 Å². The van der Waals surface area contributed by atoms with Crippen LogP contribution in [0.3, 0.4) is 0 Å². The molecule has 0 aliphatic carbocycles. The fourth-order valence-electron chi connectivity index (χ4n) is 9.55. The number of hydrogen-bond donors (Lipinski definition) is 1. The molecule has 318 valence electrons. The standard InChI is InChI=1S/C55H88N2/c1-3-5-7-9-11-13-15-17-19-21-23-25-27-29-31-33-40-48-50-42-35-37-44-52(50)56-54(48)46-39-47-55-49(51-43-36-38-45-53(51)57-55)41-34-32-30-28-26-24-22-20-18-16-14-12-10-8-6-4-2/h35-39,42-49,56H,3-34,40-41H2,1-2H3/b47-39+,54-46-. The van der Waals surface area contributed by atoms with Crippen LogP contribution in [-0.2, 0) is 0 Å². The van der Waals surface area contributed by atoms with Gasteiger partial charge < -0.3 is 5.32 Å². The highest BCUT2D eigenvalue weighted by Gasteiger charge is 2.27. The van der Waals surface area contributed by atoms with Crippen LogP contribution in [0.4, 0.5) is 11.4 Å². The molecule has 0 radical (unpaired) electrons. The fraction of sp³-hybridized carbons (Fsp3) is 0.691. The Labute approximate surface area is 353 Å². The molecule has 4 rings (SSSR count). The van der Waals surface area contributed by atoms with Crippen LogP contribution in [0.2, 0.25) is 0 Å². The summed E-state index contributed by atoms with van der Waals surface area (Å²) < 4.78 is 0. The zero-order chi connectivity index (χ0) is 39.9. The van der Waals surface area contributed by atoms with Gasteiger partial charge in [0, 0.05) is 28.9 Å². The van der Waals surface area contributed by atoms with E-state index in [4.69, 9.17) is 4.99 Å². The number of anilines is 1. The van der Waals surface area contributed by atoms with Gasteiger partial charge in [-0.15, -0.1) is 0 Å². The van der Waals surface area contributed by atoms with Crippen molar-refractivity contribution in [1.82, 2.24) is 0 Å². The van der Waals surface area contributed by atoms with Crippen molar-refractivity contribution in [3.8, 4) is 0 Å². The van der Waals surface area contributed by atoms with E-state index in [0.717, 1.165) is 0 Å². The molecule has 0 bridgehead atoms. The van der Waals surface area contributed by atoms with Gasteiger partial charge in [-0.2, -0.15) is 0 Å². The number of hydrogen-bond acceptors (Lipinski definition) is 2. The summed E-state index contributed by atoms with van der Waals surface area (Å²) in [6, 6.07) is 17.9. The van der Waals surface area contributed by atoms with Gasteiger partial charge in [-0.1, -0.05) is 262 Å². The molecule has 2 unspecified atom stereocenters. The maximum atomic E-state index is 5.15. The fourth-order valence-corrected chi connectivity index (χ4v) is 9.55. The Hall–Kier alpha value is -2.61. The Morgan fingerprint density at radius 1 is 0.439 bits per heavy atom. The van der Waals surface area contributed by atoms with Gasteiger partial charge in [-0.05, 0) is 48.3 Å². The summed E-state index contributed by atoms with van der Waals surface area (Å²) in [5.74, 6) is 0.901. The first kappa shape index (κ1) is 47.1. The van der Waals surface area contributed by atoms with Gasteiger partial charge in [-0.25, -0.2) is 0 Å². The number of benzene rings is 2. The minimum Gasteiger partial charge on any atom is -0.358 e. The van der Waals surface area contributed by atoms with Crippen molar-refractivity contribution in [1.29, 1.82) is 0 Å². The van der Waals surface area contributed by atoms with E-state index in [1.807, 2.05) is 0 Å². The van der Waals surface area contributed by atoms with Crippen LogP contribution in [0.1, 0.15) is 255 Å². The number of unbranched alkanes of at least 4 members (excludes halogenated alkanes) is 30. The summed E-state index contributed by atoms with van der Waals surface area (Å²) in [4.78, 5) is 5.15. The number of nitrogens with zero attached hydrogens (tertiary/aromatic N) is 1. The average Bonchev–Trinajstić information content (AvgIpc) is 3.77. The monoisotopic (exact) mass is 777 g/mol. The first-order valence-electron chi connectivity index (χ1n) is 25.2. The summed E-state index contributed by atoms with van der Waals surface area (Å²) >= 11 is 0. The van der Waals surface area contributed by atoms with Gasteiger partial charge in [0.2, 0.25) is 0 Å². The minimum absolute atomic E-state index is 0.428. The molecule has 0 aromatic heterocycles. The third-order valence-corrected chi connectivity index (χ3v) is 13.1. The molecule has 0 saturated heterocycles. The molecule has 0 spiro atoms. The smallest absolute Gasteiger partial charge is 0.0671 e. The van der Waals surface area contributed by atoms with Crippen molar-refractivity contribution in [2.75, 3.05) is 5.32 Å². The predicted molar refractivity (Wildman–Crippen MR) is 255 cm³/mol. The maximum absolute atomic E-state index is 5.15. The quantitative estimate of drug-likeness (QED) is 0.0685. The number of fused-ring (bicyclic) bond motifs is 2. The first-order valence-corrected chi connectivity index (χ1v) is 25.2. The number of allylic oxidation sites excluding steroid dienone is 4. The third kappa shape index (κ3) is 19.3. The molecular weight excluding hydrogens is 689 g/mol. The molecule has 2 atom stereocenters. The lowest BCUT2D eigenvalue weighted by atomic mass is 9.89. The van der Waals surface area contributed by atoms with Gasteiger partial charge in [-0.3, -0.25) is 4.99 Å². The first-order chi connectivity index (χ1) is 28.3. The van der Waals surface area contributed by atoms with Crippen molar-refractivity contribution in [2.24, 2.45) is 4.99 Å². The van der Waals surface area contributed by atoms with Crippen molar-refractivity contribution in [3.05, 3.63) is 83.6 Å². The number of para-hydroxylation sites is 2. The molecule has 2 aromatic carbocycles. The molecule has 0 fully saturated rings. The molecule has 2 heteroatoms. The van der Waals surface area contributed by atoms with Gasteiger partial charge >= 0.3 is 0 Å². The van der Waals surface area contributed by atoms with Crippen molar-refractivity contribution >= 4 is 17.1 Å². The molecule has 0 saturated carbocycles. The highest BCUT2D eigenvalue weighted by Crippen LogP contribution is 2.42. The van der Waals surface area contributed by atoms with Gasteiger partial charge in [0.05, 0.1) is 5.69 Å². The van der Waals surface area contributed by atoms with E-state index in [1.165, 1.54) is 252 Å². The zero-order valence-electron chi connectivity index (χ0n) is 37.5. The Bertz CT molecular complexity index is 1380. The van der Waals surface area contributed by atoms with Crippen LogP contribution in [0, 0.1) is 0 Å². The van der Waals surface area contributed by atoms with E-state index in [1.54, 1.807) is 0 Å². The molecule has 57 heavy (non-hydrogen) atoms. The van der Waals surface area contributed by atoms with E-state index in [0.29, 0.717) is 11.8 Å². The van der Waals surface area contributed by atoms with E-state index < -0.39 is 0 Å². The largest absolute Gasteiger partial charge is 0.358 e. The second kappa shape index (κ2) is 31.3. The normalized spacial score (nSPS) is 16.7.